The lowest BCUT2D eigenvalue weighted by Gasteiger charge is -2.29. The Morgan fingerprint density at radius 3 is 2.36 bits per heavy atom. The van der Waals surface area contributed by atoms with Crippen LogP contribution in [0.1, 0.15) is 36.7 Å². The molecule has 136 valence electrons. The lowest BCUT2D eigenvalue weighted by Crippen LogP contribution is -2.38. The van der Waals surface area contributed by atoms with Gasteiger partial charge in [0.2, 0.25) is 10.0 Å². The van der Waals surface area contributed by atoms with Gasteiger partial charge in [0.25, 0.3) is 0 Å². The molecule has 0 saturated carbocycles. The maximum Gasteiger partial charge on any atom is 0.246 e. The van der Waals surface area contributed by atoms with E-state index in [1.54, 1.807) is 35.0 Å². The number of hydrogen-bond acceptors (Lipinski definition) is 3. The normalized spacial score (nSPS) is 17.1. The monoisotopic (exact) mass is 365 g/mol. The summed E-state index contributed by atoms with van der Waals surface area (Å²) in [5, 5.41) is 4.42. The van der Waals surface area contributed by atoms with Crippen LogP contribution in [0.2, 0.25) is 0 Å². The molecule has 1 aliphatic rings. The van der Waals surface area contributed by atoms with Gasteiger partial charge in [-0.1, -0.05) is 19.1 Å². The van der Waals surface area contributed by atoms with E-state index in [-0.39, 0.29) is 5.82 Å². The van der Waals surface area contributed by atoms with Gasteiger partial charge in [-0.3, -0.25) is 4.68 Å². The molecular weight excluding hydrogens is 341 g/mol. The summed E-state index contributed by atoms with van der Waals surface area (Å²) in [5.41, 5.74) is 2.02. The highest BCUT2D eigenvalue weighted by Gasteiger charge is 2.32. The van der Waals surface area contributed by atoms with E-state index < -0.39 is 10.0 Å². The Labute approximate surface area is 148 Å². The molecule has 5 nitrogen and oxygen atoms in total. The van der Waals surface area contributed by atoms with Gasteiger partial charge in [-0.25, -0.2) is 12.8 Å². The molecule has 1 aromatic carbocycles. The van der Waals surface area contributed by atoms with Crippen molar-refractivity contribution in [3.63, 3.8) is 0 Å². The molecule has 0 aliphatic carbocycles. The van der Waals surface area contributed by atoms with Crippen LogP contribution in [0.3, 0.4) is 0 Å². The van der Waals surface area contributed by atoms with Gasteiger partial charge in [-0.05, 0) is 50.3 Å². The second-order valence-electron chi connectivity index (χ2n) is 6.87. The fraction of sp³-hybridized carbons (Fsp3) is 0.500. The van der Waals surface area contributed by atoms with Gasteiger partial charge in [-0.2, -0.15) is 9.40 Å². The van der Waals surface area contributed by atoms with Crippen molar-refractivity contribution in [1.82, 2.24) is 14.1 Å². The molecule has 1 fully saturated rings. The van der Waals surface area contributed by atoms with Crippen LogP contribution < -0.4 is 0 Å². The van der Waals surface area contributed by atoms with E-state index in [2.05, 4.69) is 12.0 Å². The molecule has 0 bridgehead atoms. The summed E-state index contributed by atoms with van der Waals surface area (Å²) in [6.07, 6.45) is 1.78. The van der Waals surface area contributed by atoms with Crippen LogP contribution in [-0.4, -0.2) is 35.6 Å². The van der Waals surface area contributed by atoms with Crippen LogP contribution in [0.25, 0.3) is 0 Å². The molecule has 0 N–H and O–H groups in total. The second kappa shape index (κ2) is 6.88. The lowest BCUT2D eigenvalue weighted by atomic mass is 10.0. The van der Waals surface area contributed by atoms with Crippen LogP contribution in [-0.2, 0) is 16.6 Å². The molecule has 2 aromatic rings. The summed E-state index contributed by atoms with van der Waals surface area (Å²) in [7, 11) is -3.53. The molecule has 1 saturated heterocycles. The van der Waals surface area contributed by atoms with Crippen LogP contribution in [0, 0.1) is 25.6 Å². The quantitative estimate of drug-likeness (QED) is 0.837. The molecule has 1 aromatic heterocycles. The van der Waals surface area contributed by atoms with Gasteiger partial charge in [-0.15, -0.1) is 0 Å². The van der Waals surface area contributed by atoms with Crippen LogP contribution in [0.15, 0.2) is 29.2 Å². The third-order valence-corrected chi connectivity index (χ3v) is 7.05. The number of sulfonamides is 1. The summed E-state index contributed by atoms with van der Waals surface area (Å²) in [5.74, 6) is 0.273. The molecule has 7 heteroatoms. The molecule has 2 heterocycles. The first-order valence-corrected chi connectivity index (χ1v) is 10.0. The van der Waals surface area contributed by atoms with Crippen molar-refractivity contribution in [3.05, 3.63) is 47.0 Å². The number of nitrogens with zero attached hydrogens (tertiary/aromatic N) is 3. The third kappa shape index (κ3) is 3.62. The lowest BCUT2D eigenvalue weighted by molar-refractivity contribution is 0.288. The number of hydrogen-bond donors (Lipinski definition) is 0. The summed E-state index contributed by atoms with van der Waals surface area (Å²) in [6.45, 7) is 7.20. The van der Waals surface area contributed by atoms with Crippen LogP contribution in [0.4, 0.5) is 4.39 Å². The molecule has 0 unspecified atom stereocenters. The van der Waals surface area contributed by atoms with Gasteiger partial charge < -0.3 is 0 Å². The SMILES string of the molecule is Cc1nn(Cc2ccc(F)cc2)c(C)c1S(=O)(=O)N1CCC(C)CC1. The molecular formula is C18H24FN3O2S. The predicted molar refractivity (Wildman–Crippen MR) is 94.4 cm³/mol. The van der Waals surface area contributed by atoms with Crippen molar-refractivity contribution in [2.24, 2.45) is 5.92 Å². The van der Waals surface area contributed by atoms with Crippen molar-refractivity contribution >= 4 is 10.0 Å². The minimum atomic E-state index is -3.53. The van der Waals surface area contributed by atoms with Gasteiger partial charge in [0.1, 0.15) is 10.7 Å². The minimum Gasteiger partial charge on any atom is -0.264 e. The first kappa shape index (κ1) is 18.1. The van der Waals surface area contributed by atoms with Crippen molar-refractivity contribution in [2.75, 3.05) is 13.1 Å². The average Bonchev–Trinajstić information content (AvgIpc) is 2.84. The van der Waals surface area contributed by atoms with Crippen molar-refractivity contribution in [3.8, 4) is 0 Å². The molecule has 0 amide bonds. The fourth-order valence-electron chi connectivity index (χ4n) is 3.32. The Balaban J connectivity index is 1.90. The summed E-state index contributed by atoms with van der Waals surface area (Å²) < 4.78 is 42.5. The maximum absolute atomic E-state index is 13.1. The van der Waals surface area contributed by atoms with E-state index in [4.69, 9.17) is 0 Å². The van der Waals surface area contributed by atoms with E-state index in [0.717, 1.165) is 18.4 Å². The van der Waals surface area contributed by atoms with Crippen LogP contribution in [0.5, 0.6) is 0 Å². The number of halogens is 1. The zero-order valence-electron chi connectivity index (χ0n) is 14.9. The molecule has 3 rings (SSSR count). The Morgan fingerprint density at radius 2 is 1.76 bits per heavy atom. The first-order valence-electron chi connectivity index (χ1n) is 8.57. The van der Waals surface area contributed by atoms with E-state index in [1.165, 1.54) is 12.1 Å². The van der Waals surface area contributed by atoms with Gasteiger partial charge >= 0.3 is 0 Å². The van der Waals surface area contributed by atoms with Crippen LogP contribution >= 0.6 is 0 Å². The number of piperidine rings is 1. The summed E-state index contributed by atoms with van der Waals surface area (Å²) >= 11 is 0. The Kier molecular flexibility index (Phi) is 4.97. The number of rotatable bonds is 4. The highest BCUT2D eigenvalue weighted by atomic mass is 32.2. The van der Waals surface area contributed by atoms with Crippen molar-refractivity contribution in [1.29, 1.82) is 0 Å². The number of aryl methyl sites for hydroxylation is 1. The van der Waals surface area contributed by atoms with Crippen molar-refractivity contribution in [2.45, 2.75) is 45.1 Å². The molecule has 25 heavy (non-hydrogen) atoms. The van der Waals surface area contributed by atoms with Gasteiger partial charge in [0.15, 0.2) is 0 Å². The minimum absolute atomic E-state index is 0.292. The first-order chi connectivity index (χ1) is 11.8. The number of aromatic nitrogens is 2. The average molecular weight is 365 g/mol. The highest BCUT2D eigenvalue weighted by molar-refractivity contribution is 7.89. The second-order valence-corrected chi connectivity index (χ2v) is 8.75. The van der Waals surface area contributed by atoms with E-state index in [0.29, 0.717) is 41.8 Å². The van der Waals surface area contributed by atoms with Gasteiger partial charge in [0, 0.05) is 13.1 Å². The summed E-state index contributed by atoms with van der Waals surface area (Å²) in [6, 6.07) is 6.17. The molecule has 0 atom stereocenters. The Bertz CT molecular complexity index is 851. The molecule has 0 radical (unpaired) electrons. The number of benzene rings is 1. The standard InChI is InChI=1S/C18H24FN3O2S/c1-13-8-10-21(11-9-13)25(23,24)18-14(2)20-22(15(18)3)12-16-4-6-17(19)7-5-16/h4-7,13H,8-12H2,1-3H3. The Hall–Kier alpha value is -1.73. The predicted octanol–water partition coefficient (Wildman–Crippen LogP) is 3.11. The van der Waals surface area contributed by atoms with Gasteiger partial charge in [0.05, 0.1) is 17.9 Å². The fourth-order valence-corrected chi connectivity index (χ4v) is 5.17. The maximum atomic E-state index is 13.1. The van der Waals surface area contributed by atoms with Crippen molar-refractivity contribution < 1.29 is 12.8 Å². The smallest absolute Gasteiger partial charge is 0.246 e. The zero-order chi connectivity index (χ0) is 18.2. The van der Waals surface area contributed by atoms with E-state index in [1.807, 2.05) is 0 Å². The third-order valence-electron chi connectivity index (χ3n) is 4.90. The largest absolute Gasteiger partial charge is 0.264 e. The Morgan fingerprint density at radius 1 is 1.16 bits per heavy atom. The highest BCUT2D eigenvalue weighted by Crippen LogP contribution is 2.27. The molecule has 1 aliphatic heterocycles. The van der Waals surface area contributed by atoms with E-state index in [9.17, 15) is 12.8 Å². The molecule has 0 spiro atoms. The topological polar surface area (TPSA) is 55.2 Å². The zero-order valence-corrected chi connectivity index (χ0v) is 15.7. The summed E-state index contributed by atoms with van der Waals surface area (Å²) in [4.78, 5) is 0.309. The van der Waals surface area contributed by atoms with E-state index >= 15 is 0 Å².